The third kappa shape index (κ3) is 2.48. The van der Waals surface area contributed by atoms with E-state index < -0.39 is 0 Å². The number of fused-ring (bicyclic) bond motifs is 1. The lowest BCUT2D eigenvalue weighted by Gasteiger charge is -2.15. The summed E-state index contributed by atoms with van der Waals surface area (Å²) in [4.78, 5) is 16.8. The minimum Gasteiger partial charge on any atom is -0.463 e. The molecule has 3 rings (SSSR count). The van der Waals surface area contributed by atoms with Gasteiger partial charge in [0.05, 0.1) is 22.9 Å². The fraction of sp³-hybridized carbons (Fsp3) is 0.250. The van der Waals surface area contributed by atoms with Crippen LogP contribution in [-0.2, 0) is 6.54 Å². The van der Waals surface area contributed by atoms with Crippen molar-refractivity contribution in [3.8, 4) is 0 Å². The van der Waals surface area contributed by atoms with Gasteiger partial charge >= 0.3 is 0 Å². The summed E-state index contributed by atoms with van der Waals surface area (Å²) in [5.74, 6) is 0.648. The highest BCUT2D eigenvalue weighted by Crippen LogP contribution is 2.27. The van der Waals surface area contributed by atoms with Gasteiger partial charge in [-0.2, -0.15) is 0 Å². The molecule has 0 radical (unpaired) electrons. The summed E-state index contributed by atoms with van der Waals surface area (Å²) >= 11 is 6.06. The number of imidazole rings is 1. The third-order valence-electron chi connectivity index (χ3n) is 3.64. The van der Waals surface area contributed by atoms with E-state index in [0.717, 1.165) is 12.4 Å². The predicted molar refractivity (Wildman–Crippen MR) is 85.0 cm³/mol. The van der Waals surface area contributed by atoms with Gasteiger partial charge in [-0.05, 0) is 32.0 Å². The van der Waals surface area contributed by atoms with Crippen molar-refractivity contribution in [3.05, 3.63) is 53.3 Å². The van der Waals surface area contributed by atoms with E-state index in [1.807, 2.05) is 24.6 Å². The Balaban J connectivity index is 1.87. The number of carbonyl (C=O) groups is 1. The Morgan fingerprint density at radius 3 is 3.05 bits per heavy atom. The van der Waals surface area contributed by atoms with Crippen LogP contribution in [0.15, 0.2) is 41.3 Å². The molecule has 1 atom stereocenters. The summed E-state index contributed by atoms with van der Waals surface area (Å²) in [5, 5.41) is 4.16. The Morgan fingerprint density at radius 2 is 2.27 bits per heavy atom. The van der Waals surface area contributed by atoms with E-state index in [-0.39, 0.29) is 11.9 Å². The van der Waals surface area contributed by atoms with Gasteiger partial charge in [0, 0.05) is 24.3 Å². The summed E-state index contributed by atoms with van der Waals surface area (Å²) in [6.07, 6.45) is 5.16. The van der Waals surface area contributed by atoms with E-state index >= 15 is 0 Å². The summed E-state index contributed by atoms with van der Waals surface area (Å²) in [7, 11) is 0. The molecule has 1 amide bonds. The fourth-order valence-corrected chi connectivity index (χ4v) is 2.74. The second-order valence-corrected chi connectivity index (χ2v) is 5.43. The predicted octanol–water partition coefficient (Wildman–Crippen LogP) is 3.79. The van der Waals surface area contributed by atoms with Crippen molar-refractivity contribution in [3.63, 3.8) is 0 Å². The molecule has 6 heteroatoms. The number of furan rings is 1. The lowest BCUT2D eigenvalue weighted by atomic mass is 10.1. The van der Waals surface area contributed by atoms with Crippen molar-refractivity contribution < 1.29 is 9.21 Å². The molecule has 3 aromatic rings. The van der Waals surface area contributed by atoms with Gasteiger partial charge in [-0.25, -0.2) is 4.98 Å². The van der Waals surface area contributed by atoms with Crippen LogP contribution in [0, 0.1) is 0 Å². The number of aromatic nitrogens is 2. The number of hydrogen-bond acceptors (Lipinski definition) is 3. The third-order valence-corrected chi connectivity index (χ3v) is 3.93. The van der Waals surface area contributed by atoms with Crippen LogP contribution in [0.5, 0.6) is 0 Å². The molecule has 1 N–H and O–H groups in total. The maximum absolute atomic E-state index is 12.5. The first-order valence-corrected chi connectivity index (χ1v) is 7.47. The van der Waals surface area contributed by atoms with Gasteiger partial charge in [-0.1, -0.05) is 11.6 Å². The van der Waals surface area contributed by atoms with E-state index in [2.05, 4.69) is 10.3 Å². The average Bonchev–Trinajstić information content (AvgIpc) is 3.16. The number of hydrogen-bond donors (Lipinski definition) is 1. The highest BCUT2D eigenvalue weighted by atomic mass is 35.5. The highest BCUT2D eigenvalue weighted by Gasteiger charge is 2.18. The van der Waals surface area contributed by atoms with Crippen molar-refractivity contribution in [2.24, 2.45) is 0 Å². The number of aryl methyl sites for hydroxylation is 1. The molecule has 0 fully saturated rings. The molecule has 22 heavy (non-hydrogen) atoms. The zero-order valence-electron chi connectivity index (χ0n) is 12.3. The van der Waals surface area contributed by atoms with E-state index in [1.165, 1.54) is 6.26 Å². The van der Waals surface area contributed by atoms with Gasteiger partial charge in [-0.15, -0.1) is 0 Å². The van der Waals surface area contributed by atoms with Crippen LogP contribution in [0.2, 0.25) is 5.02 Å². The number of rotatable bonds is 4. The minimum atomic E-state index is -0.194. The molecule has 0 spiro atoms. The van der Waals surface area contributed by atoms with E-state index in [0.29, 0.717) is 21.6 Å². The molecule has 1 aromatic carbocycles. The average molecular weight is 318 g/mol. The second-order valence-electron chi connectivity index (χ2n) is 5.02. The summed E-state index contributed by atoms with van der Waals surface area (Å²) in [6, 6.07) is 4.92. The number of carbonyl (C=O) groups excluding carboxylic acids is 1. The SMILES string of the molecule is CCn1ccnc1C(C)NC(=O)c1ccc(Cl)c2occc12. The van der Waals surface area contributed by atoms with Crippen LogP contribution in [0.3, 0.4) is 0 Å². The second kappa shape index (κ2) is 5.85. The van der Waals surface area contributed by atoms with E-state index in [4.69, 9.17) is 16.0 Å². The van der Waals surface area contributed by atoms with Gasteiger partial charge in [-0.3, -0.25) is 4.79 Å². The molecule has 0 saturated carbocycles. The van der Waals surface area contributed by atoms with Crippen LogP contribution in [-0.4, -0.2) is 15.5 Å². The number of nitrogens with zero attached hydrogens (tertiary/aromatic N) is 2. The quantitative estimate of drug-likeness (QED) is 0.796. The van der Waals surface area contributed by atoms with E-state index in [9.17, 15) is 4.79 Å². The van der Waals surface area contributed by atoms with Crippen molar-refractivity contribution in [1.82, 2.24) is 14.9 Å². The lowest BCUT2D eigenvalue weighted by molar-refractivity contribution is 0.0939. The van der Waals surface area contributed by atoms with Gasteiger partial charge < -0.3 is 14.3 Å². The van der Waals surface area contributed by atoms with Gasteiger partial charge in [0.15, 0.2) is 5.58 Å². The Kier molecular flexibility index (Phi) is 3.90. The normalized spacial score (nSPS) is 12.5. The monoisotopic (exact) mass is 317 g/mol. The molecule has 114 valence electrons. The molecule has 0 bridgehead atoms. The smallest absolute Gasteiger partial charge is 0.252 e. The molecule has 1 unspecified atom stereocenters. The van der Waals surface area contributed by atoms with Crippen molar-refractivity contribution in [1.29, 1.82) is 0 Å². The Bertz CT molecular complexity index is 822. The lowest BCUT2D eigenvalue weighted by Crippen LogP contribution is -2.28. The van der Waals surface area contributed by atoms with Crippen LogP contribution in [0.1, 0.15) is 36.1 Å². The molecule has 0 aliphatic rings. The molecule has 5 nitrogen and oxygen atoms in total. The van der Waals surface area contributed by atoms with Gasteiger partial charge in [0.25, 0.3) is 5.91 Å². The number of nitrogens with one attached hydrogen (secondary N) is 1. The first-order valence-electron chi connectivity index (χ1n) is 7.09. The van der Waals surface area contributed by atoms with Crippen molar-refractivity contribution in [2.45, 2.75) is 26.4 Å². The molecule has 2 aromatic heterocycles. The molecule has 2 heterocycles. The standard InChI is InChI=1S/C16H16ClN3O2/c1-3-20-8-7-18-15(20)10(2)19-16(21)12-4-5-13(17)14-11(12)6-9-22-14/h4-10H,3H2,1-2H3,(H,19,21). The van der Waals surface area contributed by atoms with E-state index in [1.54, 1.807) is 24.4 Å². The topological polar surface area (TPSA) is 60.1 Å². The van der Waals surface area contributed by atoms with Gasteiger partial charge in [0.1, 0.15) is 5.82 Å². The van der Waals surface area contributed by atoms with Crippen molar-refractivity contribution in [2.75, 3.05) is 0 Å². The van der Waals surface area contributed by atoms with Gasteiger partial charge in [0.2, 0.25) is 0 Å². The number of amides is 1. The van der Waals surface area contributed by atoms with Crippen LogP contribution >= 0.6 is 11.6 Å². The number of halogens is 1. The van der Waals surface area contributed by atoms with Crippen molar-refractivity contribution >= 4 is 28.5 Å². The summed E-state index contributed by atoms with van der Waals surface area (Å²) in [6.45, 7) is 4.76. The molecular formula is C16H16ClN3O2. The molecule has 0 aliphatic heterocycles. The van der Waals surface area contributed by atoms with Crippen LogP contribution in [0.25, 0.3) is 11.0 Å². The fourth-order valence-electron chi connectivity index (χ4n) is 2.53. The largest absolute Gasteiger partial charge is 0.463 e. The Labute approximate surface area is 132 Å². The first kappa shape index (κ1) is 14.7. The number of benzene rings is 1. The zero-order valence-corrected chi connectivity index (χ0v) is 13.1. The van der Waals surface area contributed by atoms with Crippen LogP contribution in [0.4, 0.5) is 0 Å². The Hall–Kier alpha value is -2.27. The maximum atomic E-state index is 12.5. The summed E-state index contributed by atoms with van der Waals surface area (Å²) in [5.41, 5.74) is 1.06. The van der Waals surface area contributed by atoms with Crippen LogP contribution < -0.4 is 5.32 Å². The maximum Gasteiger partial charge on any atom is 0.252 e. The molecule has 0 saturated heterocycles. The minimum absolute atomic E-state index is 0.179. The molecule has 0 aliphatic carbocycles. The first-order chi connectivity index (χ1) is 10.6. The molecular weight excluding hydrogens is 302 g/mol. The highest BCUT2D eigenvalue weighted by molar-refractivity contribution is 6.35. The summed E-state index contributed by atoms with van der Waals surface area (Å²) < 4.78 is 7.33. The zero-order chi connectivity index (χ0) is 15.7. The Morgan fingerprint density at radius 1 is 1.45 bits per heavy atom.